The van der Waals surface area contributed by atoms with Crippen molar-refractivity contribution in [3.05, 3.63) is 146 Å². The fourth-order valence-corrected chi connectivity index (χ4v) is 10.5. The third kappa shape index (κ3) is 4.21. The lowest BCUT2D eigenvalue weighted by Crippen LogP contribution is -2.09. The largest absolute Gasteiger partial charge is 0.456 e. The zero-order valence-corrected chi connectivity index (χ0v) is 28.3. The number of furan rings is 1. The van der Waals surface area contributed by atoms with E-state index in [1.54, 1.807) is 11.3 Å². The number of thiophene rings is 2. The van der Waals surface area contributed by atoms with E-state index >= 15 is 0 Å². The second kappa shape index (κ2) is 10.5. The van der Waals surface area contributed by atoms with Gasteiger partial charge in [0.1, 0.15) is 16.2 Å². The van der Waals surface area contributed by atoms with E-state index in [9.17, 15) is 0 Å². The molecule has 0 saturated heterocycles. The van der Waals surface area contributed by atoms with Crippen molar-refractivity contribution in [1.29, 1.82) is 0 Å². The lowest BCUT2D eigenvalue weighted by Gasteiger charge is -2.26. The summed E-state index contributed by atoms with van der Waals surface area (Å²) in [7, 11) is 0. The second-order valence-corrected chi connectivity index (χ2v) is 15.5. The summed E-state index contributed by atoms with van der Waals surface area (Å²) in [6.45, 7) is 0. The summed E-state index contributed by atoms with van der Waals surface area (Å²) < 4.78 is 12.8. The van der Waals surface area contributed by atoms with Crippen molar-refractivity contribution in [3.8, 4) is 10.6 Å². The number of thiazole rings is 1. The van der Waals surface area contributed by atoms with Crippen LogP contribution in [0.1, 0.15) is 0 Å². The summed E-state index contributed by atoms with van der Waals surface area (Å²) in [4.78, 5) is 7.44. The molecular weight excluding hydrogens is 657 g/mol. The number of fused-ring (bicyclic) bond motifs is 11. The molecule has 4 aromatic heterocycles. The van der Waals surface area contributed by atoms with Gasteiger partial charge in [-0.1, -0.05) is 66.7 Å². The maximum absolute atomic E-state index is 6.48. The molecule has 3 nitrogen and oxygen atoms in total. The molecule has 0 saturated carbocycles. The van der Waals surface area contributed by atoms with E-state index < -0.39 is 0 Å². The van der Waals surface area contributed by atoms with Crippen LogP contribution in [0.15, 0.2) is 150 Å². The quantitative estimate of drug-likeness (QED) is 0.185. The van der Waals surface area contributed by atoms with Crippen molar-refractivity contribution >= 4 is 124 Å². The molecule has 0 unspecified atom stereocenters. The minimum atomic E-state index is 0.874. The first-order valence-corrected chi connectivity index (χ1v) is 18.6. The van der Waals surface area contributed by atoms with Gasteiger partial charge in [-0.25, -0.2) is 4.98 Å². The third-order valence-corrected chi connectivity index (χ3v) is 12.9. The normalized spacial score (nSPS) is 12.1. The molecule has 4 heterocycles. The fourth-order valence-electron chi connectivity index (χ4n) is 7.23. The molecule has 0 spiro atoms. The predicted molar refractivity (Wildman–Crippen MR) is 213 cm³/mol. The molecule has 11 rings (SSSR count). The molecule has 0 radical (unpaired) electrons. The molecule has 6 heteroatoms. The molecule has 7 aromatic carbocycles. The van der Waals surface area contributed by atoms with E-state index in [0.29, 0.717) is 0 Å². The highest BCUT2D eigenvalue weighted by atomic mass is 32.1. The van der Waals surface area contributed by atoms with Crippen LogP contribution >= 0.6 is 34.0 Å². The van der Waals surface area contributed by atoms with E-state index in [1.165, 1.54) is 40.3 Å². The zero-order valence-electron chi connectivity index (χ0n) is 25.9. The summed E-state index contributed by atoms with van der Waals surface area (Å²) in [5.74, 6) is 0. The van der Waals surface area contributed by atoms with Crippen LogP contribution in [-0.2, 0) is 0 Å². The average Bonchev–Trinajstić information content (AvgIpc) is 3.93. The highest BCUT2D eigenvalue weighted by molar-refractivity contribution is 7.26. The van der Waals surface area contributed by atoms with Crippen LogP contribution < -0.4 is 4.90 Å². The molecular formula is C43H24N2OS3. The molecule has 49 heavy (non-hydrogen) atoms. The number of rotatable bonds is 4. The van der Waals surface area contributed by atoms with Gasteiger partial charge in [0, 0.05) is 73.7 Å². The second-order valence-electron chi connectivity index (χ2n) is 12.3. The van der Waals surface area contributed by atoms with Gasteiger partial charge in [-0.05, 0) is 78.9 Å². The van der Waals surface area contributed by atoms with Crippen molar-refractivity contribution in [2.75, 3.05) is 4.90 Å². The fraction of sp³-hybridized carbons (Fsp3) is 0. The average molecular weight is 681 g/mol. The van der Waals surface area contributed by atoms with Crippen molar-refractivity contribution in [3.63, 3.8) is 0 Å². The standard InChI is InChI=1S/C43H24N2OS3/c1-2-8-25(9-3-1)43-44-34-17-19-36-41(42(34)49-43)33-24-26(14-18-35(33)46-36)45(27-15-20-39-31(22-27)29-10-4-6-12-37(29)47-39)28-16-21-40-32(23-28)30-11-5-7-13-38(30)48-40/h1-24H. The van der Waals surface area contributed by atoms with Crippen molar-refractivity contribution in [2.24, 2.45) is 0 Å². The Morgan fingerprint density at radius 1 is 0.449 bits per heavy atom. The highest BCUT2D eigenvalue weighted by Gasteiger charge is 2.20. The Bertz CT molecular complexity index is 2960. The van der Waals surface area contributed by atoms with Crippen molar-refractivity contribution < 1.29 is 4.42 Å². The Morgan fingerprint density at radius 2 is 1.00 bits per heavy atom. The van der Waals surface area contributed by atoms with Gasteiger partial charge in [-0.15, -0.1) is 34.0 Å². The third-order valence-electron chi connectivity index (χ3n) is 9.49. The summed E-state index contributed by atoms with van der Waals surface area (Å²) in [5, 5.41) is 8.37. The van der Waals surface area contributed by atoms with Gasteiger partial charge < -0.3 is 9.32 Å². The van der Waals surface area contributed by atoms with Gasteiger partial charge >= 0.3 is 0 Å². The number of benzene rings is 7. The first kappa shape index (κ1) is 27.4. The van der Waals surface area contributed by atoms with Gasteiger partial charge in [-0.3, -0.25) is 0 Å². The van der Waals surface area contributed by atoms with Gasteiger partial charge in [0.25, 0.3) is 0 Å². The van der Waals surface area contributed by atoms with Crippen LogP contribution in [0, 0.1) is 0 Å². The Labute approximate surface area is 292 Å². The Morgan fingerprint density at radius 3 is 1.67 bits per heavy atom. The van der Waals surface area contributed by atoms with Crippen LogP contribution in [0.5, 0.6) is 0 Å². The summed E-state index contributed by atoms with van der Waals surface area (Å²) in [5.41, 5.74) is 7.20. The van der Waals surface area contributed by atoms with Crippen molar-refractivity contribution in [2.45, 2.75) is 0 Å². The van der Waals surface area contributed by atoms with Crippen LogP contribution in [0.3, 0.4) is 0 Å². The lowest BCUT2D eigenvalue weighted by molar-refractivity contribution is 0.669. The smallest absolute Gasteiger partial charge is 0.137 e. The topological polar surface area (TPSA) is 29.3 Å². The van der Waals surface area contributed by atoms with E-state index in [1.807, 2.05) is 28.7 Å². The minimum Gasteiger partial charge on any atom is -0.456 e. The number of nitrogens with zero attached hydrogens (tertiary/aromatic N) is 2. The van der Waals surface area contributed by atoms with Crippen LogP contribution in [-0.4, -0.2) is 4.98 Å². The summed E-state index contributed by atoms with van der Waals surface area (Å²) >= 11 is 5.43. The van der Waals surface area contributed by atoms with E-state index in [2.05, 4.69) is 144 Å². The highest BCUT2D eigenvalue weighted by Crippen LogP contribution is 2.46. The molecule has 0 fully saturated rings. The first-order valence-electron chi connectivity index (χ1n) is 16.2. The molecule has 0 aliphatic rings. The van der Waals surface area contributed by atoms with E-state index in [-0.39, 0.29) is 0 Å². The van der Waals surface area contributed by atoms with Crippen LogP contribution in [0.4, 0.5) is 17.1 Å². The minimum absolute atomic E-state index is 0.874. The summed E-state index contributed by atoms with van der Waals surface area (Å²) in [6, 6.07) is 52.4. The molecule has 11 aromatic rings. The molecule has 0 aliphatic carbocycles. The zero-order chi connectivity index (χ0) is 32.1. The number of hydrogen-bond donors (Lipinski definition) is 0. The SMILES string of the molecule is c1ccc(-c2nc3ccc4oc5ccc(N(c6ccc7sc8ccccc8c7c6)c6ccc7sc8ccccc8c7c6)cc5c4c3s2)cc1. The van der Waals surface area contributed by atoms with Crippen LogP contribution in [0.25, 0.3) is 83.1 Å². The van der Waals surface area contributed by atoms with Gasteiger partial charge in [0.15, 0.2) is 0 Å². The molecule has 0 bridgehead atoms. The lowest BCUT2D eigenvalue weighted by atomic mass is 10.1. The van der Waals surface area contributed by atoms with Gasteiger partial charge in [-0.2, -0.15) is 0 Å². The molecule has 0 atom stereocenters. The number of anilines is 3. The molecule has 0 aliphatic heterocycles. The number of aromatic nitrogens is 1. The monoisotopic (exact) mass is 680 g/mol. The van der Waals surface area contributed by atoms with Crippen molar-refractivity contribution in [1.82, 2.24) is 4.98 Å². The summed E-state index contributed by atoms with van der Waals surface area (Å²) in [6.07, 6.45) is 0. The predicted octanol–water partition coefficient (Wildman–Crippen LogP) is 14.1. The molecule has 230 valence electrons. The maximum Gasteiger partial charge on any atom is 0.137 e. The van der Waals surface area contributed by atoms with E-state index in [0.717, 1.165) is 59.8 Å². The Kier molecular flexibility index (Phi) is 5.87. The molecule has 0 amide bonds. The van der Waals surface area contributed by atoms with Gasteiger partial charge in [0.05, 0.1) is 10.2 Å². The van der Waals surface area contributed by atoms with Crippen LogP contribution in [0.2, 0.25) is 0 Å². The molecule has 0 N–H and O–H groups in total. The number of hydrogen-bond acceptors (Lipinski definition) is 6. The van der Waals surface area contributed by atoms with Gasteiger partial charge in [0.2, 0.25) is 0 Å². The van der Waals surface area contributed by atoms with E-state index in [4.69, 9.17) is 9.40 Å². The first-order chi connectivity index (χ1) is 24.2. The Balaban J connectivity index is 1.16. The Hall–Kier alpha value is -5.53. The maximum atomic E-state index is 6.48.